The highest BCUT2D eigenvalue weighted by Gasteiger charge is 2.32. The normalized spacial score (nSPS) is 18.1. The molecule has 2 unspecified atom stereocenters. The van der Waals surface area contributed by atoms with Gasteiger partial charge in [-0.05, 0) is 57.4 Å². The summed E-state index contributed by atoms with van der Waals surface area (Å²) in [6.45, 7) is 5.50. The van der Waals surface area contributed by atoms with E-state index < -0.39 is 0 Å². The number of aromatic nitrogens is 3. The van der Waals surface area contributed by atoms with Gasteiger partial charge in [0.1, 0.15) is 12.4 Å². The van der Waals surface area contributed by atoms with Crippen LogP contribution in [0.25, 0.3) is 5.69 Å². The number of benzene rings is 1. The first-order valence-corrected chi connectivity index (χ1v) is 9.74. The van der Waals surface area contributed by atoms with E-state index in [-0.39, 0.29) is 18.0 Å². The van der Waals surface area contributed by atoms with E-state index in [1.165, 1.54) is 4.80 Å². The number of likely N-dealkylation sites (tertiary alicyclic amines) is 1. The Bertz CT molecular complexity index is 788. The Labute approximate surface area is 165 Å². The quantitative estimate of drug-likeness (QED) is 0.730. The number of hydrogen-bond acceptors (Lipinski definition) is 6. The minimum Gasteiger partial charge on any atom is -0.491 e. The lowest BCUT2D eigenvalue weighted by Crippen LogP contribution is -2.51. The lowest BCUT2D eigenvalue weighted by molar-refractivity contribution is 0.0576. The molecule has 2 N–H and O–H groups in total. The predicted molar refractivity (Wildman–Crippen MR) is 106 cm³/mol. The van der Waals surface area contributed by atoms with E-state index in [0.717, 1.165) is 30.7 Å². The van der Waals surface area contributed by atoms with Gasteiger partial charge >= 0.3 is 0 Å². The monoisotopic (exact) mass is 387 g/mol. The van der Waals surface area contributed by atoms with Gasteiger partial charge in [-0.25, -0.2) is 0 Å². The zero-order valence-electron chi connectivity index (χ0n) is 16.8. The summed E-state index contributed by atoms with van der Waals surface area (Å²) in [5.74, 6) is 0.652. The van der Waals surface area contributed by atoms with E-state index in [0.29, 0.717) is 31.1 Å². The highest BCUT2D eigenvalue weighted by Crippen LogP contribution is 2.22. The molecule has 2 aromatic rings. The van der Waals surface area contributed by atoms with Gasteiger partial charge in [0.15, 0.2) is 5.69 Å². The van der Waals surface area contributed by atoms with Crippen molar-refractivity contribution < 1.29 is 14.3 Å². The van der Waals surface area contributed by atoms with Crippen LogP contribution in [0.15, 0.2) is 24.3 Å². The van der Waals surface area contributed by atoms with Crippen LogP contribution in [-0.2, 0) is 4.74 Å². The van der Waals surface area contributed by atoms with Crippen LogP contribution < -0.4 is 10.5 Å². The van der Waals surface area contributed by atoms with Crippen LogP contribution in [0, 0.1) is 6.92 Å². The van der Waals surface area contributed by atoms with Crippen LogP contribution in [-0.4, -0.2) is 64.8 Å². The van der Waals surface area contributed by atoms with Crippen molar-refractivity contribution in [3.63, 3.8) is 0 Å². The Morgan fingerprint density at radius 2 is 2.00 bits per heavy atom. The number of nitrogens with zero attached hydrogens (tertiary/aromatic N) is 4. The van der Waals surface area contributed by atoms with Crippen molar-refractivity contribution in [2.24, 2.45) is 5.73 Å². The Morgan fingerprint density at radius 3 is 2.68 bits per heavy atom. The molecule has 3 rings (SSSR count). The lowest BCUT2D eigenvalue weighted by atomic mass is 9.96. The summed E-state index contributed by atoms with van der Waals surface area (Å²) >= 11 is 0. The van der Waals surface area contributed by atoms with Crippen molar-refractivity contribution in [2.75, 3.05) is 26.9 Å². The summed E-state index contributed by atoms with van der Waals surface area (Å²) in [5.41, 5.74) is 7.87. The maximum absolute atomic E-state index is 13.1. The first-order chi connectivity index (χ1) is 13.5. The summed E-state index contributed by atoms with van der Waals surface area (Å²) in [7, 11) is 1.64. The molecular formula is C20H29N5O3. The molecule has 2 heterocycles. The van der Waals surface area contributed by atoms with Gasteiger partial charge < -0.3 is 20.1 Å². The molecule has 1 aromatic carbocycles. The predicted octanol–water partition coefficient (Wildman–Crippen LogP) is 1.94. The molecule has 1 aliphatic heterocycles. The van der Waals surface area contributed by atoms with E-state index in [4.69, 9.17) is 15.2 Å². The molecule has 1 saturated heterocycles. The minimum absolute atomic E-state index is 0.0503. The van der Waals surface area contributed by atoms with Gasteiger partial charge in [0.25, 0.3) is 5.91 Å². The molecule has 0 aliphatic carbocycles. The molecular weight excluding hydrogens is 358 g/mol. The standard InChI is InChI=1S/C20H29N5O3/c1-14(21)18-6-4-5-11-24(18)20(26)19-15(2)22-25(23-19)16-7-9-17(10-8-16)28-13-12-27-3/h7-10,14,18H,4-6,11-13,21H2,1-3H3. The first kappa shape index (κ1) is 20.3. The summed E-state index contributed by atoms with van der Waals surface area (Å²) in [6.07, 6.45) is 3.02. The Morgan fingerprint density at radius 1 is 1.25 bits per heavy atom. The number of methoxy groups -OCH3 is 1. The molecule has 0 bridgehead atoms. The van der Waals surface area contributed by atoms with Gasteiger partial charge in [0.05, 0.1) is 18.0 Å². The van der Waals surface area contributed by atoms with E-state index >= 15 is 0 Å². The van der Waals surface area contributed by atoms with Crippen molar-refractivity contribution >= 4 is 5.91 Å². The molecule has 1 fully saturated rings. The third-order valence-electron chi connectivity index (χ3n) is 5.03. The summed E-state index contributed by atoms with van der Waals surface area (Å²) in [4.78, 5) is 16.5. The number of hydrogen-bond donors (Lipinski definition) is 1. The number of piperidine rings is 1. The molecule has 1 amide bonds. The first-order valence-electron chi connectivity index (χ1n) is 9.74. The van der Waals surface area contributed by atoms with Crippen molar-refractivity contribution in [3.05, 3.63) is 35.7 Å². The smallest absolute Gasteiger partial charge is 0.276 e. The third kappa shape index (κ3) is 4.51. The van der Waals surface area contributed by atoms with E-state index in [1.54, 1.807) is 7.11 Å². The second-order valence-electron chi connectivity index (χ2n) is 7.18. The van der Waals surface area contributed by atoms with Crippen molar-refractivity contribution in [1.29, 1.82) is 0 Å². The summed E-state index contributed by atoms with van der Waals surface area (Å²) in [6, 6.07) is 7.41. The minimum atomic E-state index is -0.0923. The van der Waals surface area contributed by atoms with Crippen LogP contribution in [0.3, 0.4) is 0 Å². The van der Waals surface area contributed by atoms with Gasteiger partial charge in [-0.15, -0.1) is 5.10 Å². The van der Waals surface area contributed by atoms with Gasteiger partial charge in [-0.1, -0.05) is 0 Å². The fourth-order valence-corrected chi connectivity index (χ4v) is 3.50. The average molecular weight is 387 g/mol. The summed E-state index contributed by atoms with van der Waals surface area (Å²) < 4.78 is 10.5. The van der Waals surface area contributed by atoms with Gasteiger partial charge in [0.2, 0.25) is 0 Å². The van der Waals surface area contributed by atoms with Crippen LogP contribution in [0.2, 0.25) is 0 Å². The Hall–Kier alpha value is -2.45. The fourth-order valence-electron chi connectivity index (χ4n) is 3.50. The molecule has 152 valence electrons. The van der Waals surface area contributed by atoms with Gasteiger partial charge in [-0.3, -0.25) is 4.79 Å². The molecule has 0 radical (unpaired) electrons. The van der Waals surface area contributed by atoms with Crippen LogP contribution in [0.4, 0.5) is 0 Å². The molecule has 8 nitrogen and oxygen atoms in total. The number of carbonyl (C=O) groups is 1. The molecule has 1 aromatic heterocycles. The van der Waals surface area contributed by atoms with Crippen molar-refractivity contribution in [2.45, 2.75) is 45.2 Å². The van der Waals surface area contributed by atoms with Crippen molar-refractivity contribution in [1.82, 2.24) is 19.9 Å². The van der Waals surface area contributed by atoms with Crippen LogP contribution in [0.5, 0.6) is 5.75 Å². The van der Waals surface area contributed by atoms with Gasteiger partial charge in [-0.2, -0.15) is 9.90 Å². The zero-order chi connectivity index (χ0) is 20.1. The second kappa shape index (κ2) is 9.16. The number of amides is 1. The number of rotatable bonds is 7. The number of aryl methyl sites for hydroxylation is 1. The number of carbonyl (C=O) groups excluding carboxylic acids is 1. The molecule has 28 heavy (non-hydrogen) atoms. The largest absolute Gasteiger partial charge is 0.491 e. The molecule has 0 saturated carbocycles. The van der Waals surface area contributed by atoms with Crippen LogP contribution >= 0.6 is 0 Å². The topological polar surface area (TPSA) is 95.5 Å². The number of ether oxygens (including phenoxy) is 2. The molecule has 8 heteroatoms. The maximum atomic E-state index is 13.1. The Kier molecular flexibility index (Phi) is 6.64. The van der Waals surface area contributed by atoms with Gasteiger partial charge in [0, 0.05) is 25.7 Å². The average Bonchev–Trinajstić information content (AvgIpc) is 3.09. The highest BCUT2D eigenvalue weighted by molar-refractivity contribution is 5.93. The number of nitrogens with two attached hydrogens (primary N) is 1. The summed E-state index contributed by atoms with van der Waals surface area (Å²) in [5, 5.41) is 8.90. The lowest BCUT2D eigenvalue weighted by Gasteiger charge is -2.37. The second-order valence-corrected chi connectivity index (χ2v) is 7.18. The molecule has 1 aliphatic rings. The van der Waals surface area contributed by atoms with E-state index in [1.807, 2.05) is 43.0 Å². The maximum Gasteiger partial charge on any atom is 0.276 e. The third-order valence-corrected chi connectivity index (χ3v) is 5.03. The van der Waals surface area contributed by atoms with Crippen LogP contribution in [0.1, 0.15) is 42.4 Å². The van der Waals surface area contributed by atoms with E-state index in [9.17, 15) is 4.79 Å². The fraction of sp³-hybridized carbons (Fsp3) is 0.550. The van der Waals surface area contributed by atoms with E-state index in [2.05, 4.69) is 10.2 Å². The molecule has 2 atom stereocenters. The zero-order valence-corrected chi connectivity index (χ0v) is 16.8. The SMILES string of the molecule is COCCOc1ccc(-n2nc(C)c(C(=O)N3CCCCC3C(C)N)n2)cc1. The van der Waals surface area contributed by atoms with Crippen molar-refractivity contribution in [3.8, 4) is 11.4 Å². The molecule has 0 spiro atoms. The Balaban J connectivity index is 1.76. The highest BCUT2D eigenvalue weighted by atomic mass is 16.5.